The number of aromatic hydroxyl groups is 1. The summed E-state index contributed by atoms with van der Waals surface area (Å²) in [6.07, 6.45) is 0.0936. The molecule has 0 unspecified atom stereocenters. The number of hydrogen-bond donors (Lipinski definition) is 2. The van der Waals surface area contributed by atoms with E-state index in [2.05, 4.69) is 6.07 Å². The Bertz CT molecular complexity index is 1520. The van der Waals surface area contributed by atoms with Crippen molar-refractivity contribution >= 4 is 16.9 Å². The van der Waals surface area contributed by atoms with E-state index in [1.807, 2.05) is 13.8 Å². The molecule has 0 bridgehead atoms. The summed E-state index contributed by atoms with van der Waals surface area (Å²) in [6, 6.07) is 14.9. The number of carbonyl (C=O) groups is 1. The van der Waals surface area contributed by atoms with Gasteiger partial charge in [-0.05, 0) is 48.0 Å². The maximum Gasteiger partial charge on any atom is 0.339 e. The molecule has 35 heavy (non-hydrogen) atoms. The molecule has 4 aromatic rings. The Kier molecular flexibility index (Phi) is 5.95. The van der Waals surface area contributed by atoms with Gasteiger partial charge in [0.2, 0.25) is 0 Å². The van der Waals surface area contributed by atoms with E-state index in [4.69, 9.17) is 4.74 Å². The first-order chi connectivity index (χ1) is 16.6. The molecule has 3 aromatic carbocycles. The summed E-state index contributed by atoms with van der Waals surface area (Å²) in [5.41, 5.74) is 1.65. The molecule has 0 saturated heterocycles. The number of rotatable bonds is 6. The highest BCUT2D eigenvalue weighted by Gasteiger charge is 2.32. The van der Waals surface area contributed by atoms with Gasteiger partial charge in [-0.2, -0.15) is 5.26 Å². The summed E-state index contributed by atoms with van der Waals surface area (Å²) >= 11 is 0. The highest BCUT2D eigenvalue weighted by Crippen LogP contribution is 2.45. The fourth-order valence-electron chi connectivity index (χ4n) is 4.40. The molecule has 178 valence electrons. The second kappa shape index (κ2) is 8.76. The Hall–Kier alpha value is -4.38. The molecule has 0 amide bonds. The molecule has 0 atom stereocenters. The molecule has 1 aromatic heterocycles. The lowest BCUT2D eigenvalue weighted by Gasteiger charge is -2.27. The highest BCUT2D eigenvalue weighted by atomic mass is 19.1. The van der Waals surface area contributed by atoms with Crippen LogP contribution in [0.15, 0.2) is 54.6 Å². The van der Waals surface area contributed by atoms with E-state index in [9.17, 15) is 29.1 Å². The Labute approximate surface area is 200 Å². The quantitative estimate of drug-likeness (QED) is 0.347. The Morgan fingerprint density at radius 2 is 1.86 bits per heavy atom. The van der Waals surface area contributed by atoms with Crippen molar-refractivity contribution in [2.75, 3.05) is 7.11 Å². The van der Waals surface area contributed by atoms with Gasteiger partial charge in [0.1, 0.15) is 17.1 Å². The van der Waals surface area contributed by atoms with Crippen LogP contribution in [-0.4, -0.2) is 27.9 Å². The van der Waals surface area contributed by atoms with Crippen molar-refractivity contribution in [1.82, 2.24) is 4.57 Å². The maximum absolute atomic E-state index is 14.5. The van der Waals surface area contributed by atoms with Crippen LogP contribution < -0.4 is 4.74 Å². The van der Waals surface area contributed by atoms with E-state index < -0.39 is 28.8 Å². The van der Waals surface area contributed by atoms with E-state index in [0.717, 1.165) is 0 Å². The number of phenols is 1. The van der Waals surface area contributed by atoms with E-state index in [1.165, 1.54) is 49.6 Å². The number of nitrogens with zero attached hydrogens (tertiary/aromatic N) is 2. The van der Waals surface area contributed by atoms with Crippen LogP contribution in [-0.2, 0) is 5.41 Å². The molecule has 8 heteroatoms. The molecule has 0 spiro atoms. The summed E-state index contributed by atoms with van der Waals surface area (Å²) in [6.45, 7) is 3.71. The molecule has 0 saturated carbocycles. The average molecular weight is 476 g/mol. The second-order valence-electron chi connectivity index (χ2n) is 8.80. The minimum absolute atomic E-state index is 0.00676. The predicted octanol–water partition coefficient (Wildman–Crippen LogP) is 6.18. The number of benzene rings is 3. The van der Waals surface area contributed by atoms with E-state index >= 15 is 0 Å². The van der Waals surface area contributed by atoms with Crippen LogP contribution in [0.3, 0.4) is 0 Å². The summed E-state index contributed by atoms with van der Waals surface area (Å²) in [7, 11) is 1.35. The molecule has 6 nitrogen and oxygen atoms in total. The molecule has 1 heterocycles. The molecule has 0 aliphatic rings. The number of nitriles is 1. The van der Waals surface area contributed by atoms with E-state index in [1.54, 1.807) is 16.7 Å². The maximum atomic E-state index is 14.5. The predicted molar refractivity (Wildman–Crippen MR) is 127 cm³/mol. The average Bonchev–Trinajstić information content (AvgIpc) is 3.14. The van der Waals surface area contributed by atoms with Gasteiger partial charge in [-0.25, -0.2) is 13.6 Å². The van der Waals surface area contributed by atoms with Crippen molar-refractivity contribution < 1.29 is 28.5 Å². The molecule has 0 radical (unpaired) electrons. The SMILES string of the molecule is COc1cc(-c2c(C(C)(C)CC#N)n(-c3ccc(C(=O)O)c(O)c3)c3ccc(F)cc23)ccc1F. The van der Waals surface area contributed by atoms with Gasteiger partial charge < -0.3 is 19.5 Å². The number of carboxylic acids is 1. The third-order valence-electron chi connectivity index (χ3n) is 6.00. The number of methoxy groups -OCH3 is 1. The third-order valence-corrected chi connectivity index (χ3v) is 6.00. The van der Waals surface area contributed by atoms with Gasteiger partial charge in [-0.1, -0.05) is 19.9 Å². The van der Waals surface area contributed by atoms with Crippen LogP contribution in [0.5, 0.6) is 11.5 Å². The van der Waals surface area contributed by atoms with Crippen LogP contribution >= 0.6 is 0 Å². The molecule has 4 rings (SSSR count). The Balaban J connectivity index is 2.18. The zero-order chi connectivity index (χ0) is 25.5. The summed E-state index contributed by atoms with van der Waals surface area (Å²) in [4.78, 5) is 11.4. The van der Waals surface area contributed by atoms with Gasteiger partial charge in [-0.15, -0.1) is 0 Å². The first-order valence-corrected chi connectivity index (χ1v) is 10.7. The molecule has 0 aliphatic carbocycles. The molecule has 0 fully saturated rings. The normalized spacial score (nSPS) is 11.4. The number of aromatic carboxylic acids is 1. The van der Waals surface area contributed by atoms with E-state index in [0.29, 0.717) is 33.4 Å². The number of ether oxygens (including phenoxy) is 1. The smallest absolute Gasteiger partial charge is 0.339 e. The monoisotopic (exact) mass is 476 g/mol. The fraction of sp³-hybridized carbons (Fsp3) is 0.185. The zero-order valence-electron chi connectivity index (χ0n) is 19.3. The minimum atomic E-state index is -1.28. The zero-order valence-corrected chi connectivity index (χ0v) is 19.3. The van der Waals surface area contributed by atoms with Crippen molar-refractivity contribution in [2.24, 2.45) is 0 Å². The van der Waals surface area contributed by atoms with Crippen molar-refractivity contribution in [2.45, 2.75) is 25.7 Å². The van der Waals surface area contributed by atoms with Crippen molar-refractivity contribution in [3.8, 4) is 34.4 Å². The van der Waals surface area contributed by atoms with Gasteiger partial charge >= 0.3 is 5.97 Å². The lowest BCUT2D eigenvalue weighted by Crippen LogP contribution is -2.22. The third kappa shape index (κ3) is 4.06. The van der Waals surface area contributed by atoms with Crippen LogP contribution in [0.2, 0.25) is 0 Å². The van der Waals surface area contributed by atoms with Crippen molar-refractivity contribution in [1.29, 1.82) is 5.26 Å². The van der Waals surface area contributed by atoms with Crippen LogP contribution in [0.4, 0.5) is 8.78 Å². The van der Waals surface area contributed by atoms with Gasteiger partial charge in [-0.3, -0.25) is 0 Å². The van der Waals surface area contributed by atoms with Crippen LogP contribution in [0.25, 0.3) is 27.7 Å². The molecular weight excluding hydrogens is 454 g/mol. The molecule has 2 N–H and O–H groups in total. The Morgan fingerprint density at radius 3 is 2.49 bits per heavy atom. The number of hydrogen-bond acceptors (Lipinski definition) is 4. The number of aromatic nitrogens is 1. The second-order valence-corrected chi connectivity index (χ2v) is 8.80. The van der Waals surface area contributed by atoms with Gasteiger partial charge in [0.25, 0.3) is 0 Å². The van der Waals surface area contributed by atoms with Crippen LogP contribution in [0, 0.1) is 23.0 Å². The first-order valence-electron chi connectivity index (χ1n) is 10.7. The van der Waals surface area contributed by atoms with Gasteiger partial charge in [0, 0.05) is 40.2 Å². The molecular formula is C27H22F2N2O4. The minimum Gasteiger partial charge on any atom is -0.507 e. The summed E-state index contributed by atoms with van der Waals surface area (Å²) in [5, 5.41) is 29.8. The molecule has 0 aliphatic heterocycles. The van der Waals surface area contributed by atoms with Crippen molar-refractivity contribution in [3.63, 3.8) is 0 Å². The highest BCUT2D eigenvalue weighted by molar-refractivity contribution is 6.00. The summed E-state index contributed by atoms with van der Waals surface area (Å²) < 4.78 is 35.6. The number of halogens is 2. The van der Waals surface area contributed by atoms with Crippen LogP contribution in [0.1, 0.15) is 36.3 Å². The number of carboxylic acid groups (broad SMARTS) is 1. The lowest BCUT2D eigenvalue weighted by atomic mass is 9.82. The summed E-state index contributed by atoms with van der Waals surface area (Å²) in [5.74, 6) is -2.75. The topological polar surface area (TPSA) is 95.5 Å². The standard InChI is InChI=1S/C27H22F2N2O4/c1-27(2,10-11-30)25-24(15-4-8-20(29)23(12-15)35-3)19-13-16(28)5-9-21(19)31(25)17-6-7-18(26(33)34)22(32)14-17/h4-9,12-14,32H,10H2,1-3H3,(H,33,34). The number of fused-ring (bicyclic) bond motifs is 1. The lowest BCUT2D eigenvalue weighted by molar-refractivity contribution is 0.0693. The van der Waals surface area contributed by atoms with Gasteiger partial charge in [0.05, 0.1) is 18.7 Å². The van der Waals surface area contributed by atoms with Gasteiger partial charge in [0.15, 0.2) is 11.6 Å². The first kappa shape index (κ1) is 23.8. The largest absolute Gasteiger partial charge is 0.507 e. The van der Waals surface area contributed by atoms with E-state index in [-0.39, 0.29) is 17.7 Å². The fourth-order valence-corrected chi connectivity index (χ4v) is 4.40. The Morgan fingerprint density at radius 1 is 1.11 bits per heavy atom. The van der Waals surface area contributed by atoms with Crippen molar-refractivity contribution in [3.05, 3.63) is 77.5 Å².